The molecule has 0 spiro atoms. The Kier molecular flexibility index (Phi) is 7.51. The fourth-order valence-electron chi connectivity index (χ4n) is 4.81. The van der Waals surface area contributed by atoms with Crippen molar-refractivity contribution in [1.82, 2.24) is 19.8 Å². The summed E-state index contributed by atoms with van der Waals surface area (Å²) < 4.78 is 61.8. The molecule has 2 aliphatic heterocycles. The maximum atomic E-state index is 15.6. The highest BCUT2D eigenvalue weighted by atomic mass is 19.4. The van der Waals surface area contributed by atoms with Gasteiger partial charge in [-0.2, -0.15) is 13.2 Å². The summed E-state index contributed by atoms with van der Waals surface area (Å²) in [7, 11) is 1.98. The van der Waals surface area contributed by atoms with E-state index >= 15 is 4.39 Å². The molecule has 0 saturated carbocycles. The van der Waals surface area contributed by atoms with Crippen LogP contribution in [0.25, 0.3) is 16.8 Å². The van der Waals surface area contributed by atoms with E-state index in [1.54, 1.807) is 6.20 Å². The average molecular weight is 532 g/mol. The van der Waals surface area contributed by atoms with E-state index < -0.39 is 23.1 Å². The Morgan fingerprint density at radius 2 is 1.87 bits per heavy atom. The average Bonchev–Trinajstić information content (AvgIpc) is 3.41. The maximum absolute atomic E-state index is 15.6. The molecular formula is C27H29F4N5O2. The van der Waals surface area contributed by atoms with E-state index in [1.165, 1.54) is 18.3 Å². The minimum absolute atomic E-state index is 0.211. The smallest absolute Gasteiger partial charge is 0.380 e. The number of anilines is 1. The number of aromatic nitrogens is 2. The molecule has 4 heterocycles. The molecule has 3 aromatic rings. The van der Waals surface area contributed by atoms with Crippen molar-refractivity contribution < 1.29 is 22.3 Å². The number of likely N-dealkylation sites (N-methyl/N-ethyl adjacent to an activating group) is 1. The molecule has 2 fully saturated rings. The van der Waals surface area contributed by atoms with Gasteiger partial charge in [0.05, 0.1) is 23.5 Å². The van der Waals surface area contributed by atoms with Crippen molar-refractivity contribution in [1.29, 1.82) is 0 Å². The number of pyridine rings is 2. The maximum Gasteiger partial charge on any atom is 0.416 e. The third-order valence-electron chi connectivity index (χ3n) is 7.05. The number of ether oxygens (including phenoxy) is 1. The lowest BCUT2D eigenvalue weighted by Gasteiger charge is -2.35. The van der Waals surface area contributed by atoms with Crippen molar-refractivity contribution >= 4 is 5.69 Å². The zero-order valence-corrected chi connectivity index (χ0v) is 21.0. The Labute approximate surface area is 217 Å². The second kappa shape index (κ2) is 10.8. The zero-order chi connectivity index (χ0) is 26.9. The van der Waals surface area contributed by atoms with Crippen molar-refractivity contribution in [3.05, 3.63) is 76.2 Å². The quantitative estimate of drug-likeness (QED) is 0.490. The molecule has 0 radical (unpaired) electrons. The molecule has 2 saturated heterocycles. The molecule has 2 aromatic heterocycles. The molecule has 0 aliphatic carbocycles. The van der Waals surface area contributed by atoms with E-state index in [4.69, 9.17) is 4.74 Å². The van der Waals surface area contributed by atoms with Crippen LogP contribution in [0.15, 0.2) is 53.7 Å². The summed E-state index contributed by atoms with van der Waals surface area (Å²) in [6.45, 7) is 4.52. The molecule has 1 unspecified atom stereocenters. The molecule has 7 nitrogen and oxygen atoms in total. The van der Waals surface area contributed by atoms with Gasteiger partial charge in [-0.3, -0.25) is 14.3 Å². The first-order valence-electron chi connectivity index (χ1n) is 12.5. The standard InChI is InChI=1S/C27H29F4N5O2/c1-34-5-7-35(8-6-34)24-13-23(28)22(12-25(24)36-4-2-20(11-26(36)37)27(29,30)31)19-10-18(14-32-16-19)15-33-21-3-9-38-17-21/h2,4,10-14,16,21,33H,3,5-9,15,17H2,1H3. The van der Waals surface area contributed by atoms with Gasteiger partial charge in [-0.05, 0) is 43.3 Å². The first kappa shape index (κ1) is 26.3. The van der Waals surface area contributed by atoms with Gasteiger partial charge in [-0.1, -0.05) is 0 Å². The Hall–Kier alpha value is -3.28. The van der Waals surface area contributed by atoms with Crippen LogP contribution >= 0.6 is 0 Å². The second-order valence-electron chi connectivity index (χ2n) is 9.76. The molecule has 0 bridgehead atoms. The summed E-state index contributed by atoms with van der Waals surface area (Å²) in [5.41, 5.74) is 0.468. The van der Waals surface area contributed by atoms with Crippen molar-refractivity contribution in [3.63, 3.8) is 0 Å². The van der Waals surface area contributed by atoms with Crippen LogP contribution in [0, 0.1) is 5.82 Å². The van der Waals surface area contributed by atoms with Crippen LogP contribution in [0.1, 0.15) is 17.5 Å². The highest BCUT2D eigenvalue weighted by Gasteiger charge is 2.31. The van der Waals surface area contributed by atoms with Gasteiger partial charge in [-0.15, -0.1) is 0 Å². The van der Waals surface area contributed by atoms with Gasteiger partial charge in [-0.25, -0.2) is 4.39 Å². The van der Waals surface area contributed by atoms with Crippen LogP contribution in [0.2, 0.25) is 0 Å². The number of rotatable bonds is 6. The molecule has 2 aliphatic rings. The highest BCUT2D eigenvalue weighted by Crippen LogP contribution is 2.34. The zero-order valence-electron chi connectivity index (χ0n) is 21.0. The molecular weight excluding hydrogens is 502 g/mol. The van der Waals surface area contributed by atoms with E-state index in [1.807, 2.05) is 18.0 Å². The van der Waals surface area contributed by atoms with Crippen molar-refractivity contribution in [3.8, 4) is 16.8 Å². The fourth-order valence-corrected chi connectivity index (χ4v) is 4.81. The minimum Gasteiger partial charge on any atom is -0.380 e. The number of alkyl halides is 3. The van der Waals surface area contributed by atoms with Gasteiger partial charge in [0.1, 0.15) is 5.82 Å². The van der Waals surface area contributed by atoms with E-state index in [-0.39, 0.29) is 11.6 Å². The Balaban J connectivity index is 1.55. The fraction of sp³-hybridized carbons (Fsp3) is 0.407. The van der Waals surface area contributed by atoms with E-state index in [2.05, 4.69) is 15.2 Å². The van der Waals surface area contributed by atoms with Gasteiger partial charge in [0.2, 0.25) is 0 Å². The third-order valence-corrected chi connectivity index (χ3v) is 7.05. The number of nitrogens with one attached hydrogen (secondary N) is 1. The van der Waals surface area contributed by atoms with Crippen LogP contribution in [0.3, 0.4) is 0 Å². The van der Waals surface area contributed by atoms with Crippen molar-refractivity contribution in [2.45, 2.75) is 25.2 Å². The predicted octanol–water partition coefficient (Wildman–Crippen LogP) is 3.69. The number of hydrogen-bond acceptors (Lipinski definition) is 6. The molecule has 11 heteroatoms. The van der Waals surface area contributed by atoms with Crippen LogP contribution < -0.4 is 15.8 Å². The van der Waals surface area contributed by atoms with Crippen LogP contribution in [-0.4, -0.2) is 66.9 Å². The molecule has 1 N–H and O–H groups in total. The highest BCUT2D eigenvalue weighted by molar-refractivity contribution is 5.74. The Bertz CT molecular complexity index is 1350. The lowest BCUT2D eigenvalue weighted by molar-refractivity contribution is -0.137. The largest absolute Gasteiger partial charge is 0.416 e. The van der Waals surface area contributed by atoms with Crippen molar-refractivity contribution in [2.24, 2.45) is 0 Å². The first-order chi connectivity index (χ1) is 18.2. The Morgan fingerprint density at radius 3 is 2.55 bits per heavy atom. The van der Waals surface area contributed by atoms with Crippen LogP contribution in [-0.2, 0) is 17.5 Å². The lowest BCUT2D eigenvalue weighted by atomic mass is 10.0. The number of piperazine rings is 1. The van der Waals surface area contributed by atoms with E-state index in [0.29, 0.717) is 55.9 Å². The SMILES string of the molecule is CN1CCN(c2cc(F)c(-c3cncc(CNC4CCOC4)c3)cc2-n2ccc(C(F)(F)F)cc2=O)CC1. The molecule has 1 atom stereocenters. The van der Waals surface area contributed by atoms with Gasteiger partial charge in [0.15, 0.2) is 0 Å². The molecule has 202 valence electrons. The summed E-state index contributed by atoms with van der Waals surface area (Å²) in [6.07, 6.45) is 0.613. The first-order valence-corrected chi connectivity index (χ1v) is 12.5. The number of benzene rings is 1. The van der Waals surface area contributed by atoms with Crippen molar-refractivity contribution in [2.75, 3.05) is 51.3 Å². The van der Waals surface area contributed by atoms with Gasteiger partial charge < -0.3 is 19.9 Å². The molecule has 38 heavy (non-hydrogen) atoms. The second-order valence-corrected chi connectivity index (χ2v) is 9.76. The number of hydrogen-bond donors (Lipinski definition) is 1. The van der Waals surface area contributed by atoms with E-state index in [0.717, 1.165) is 41.9 Å². The van der Waals surface area contributed by atoms with E-state index in [9.17, 15) is 18.0 Å². The summed E-state index contributed by atoms with van der Waals surface area (Å²) in [6, 6.07) is 6.38. The monoisotopic (exact) mass is 531 g/mol. The summed E-state index contributed by atoms with van der Waals surface area (Å²) in [4.78, 5) is 21.2. The topological polar surface area (TPSA) is 62.6 Å². The predicted molar refractivity (Wildman–Crippen MR) is 136 cm³/mol. The third kappa shape index (κ3) is 5.74. The normalized spacial score (nSPS) is 18.8. The van der Waals surface area contributed by atoms with Gasteiger partial charge >= 0.3 is 6.18 Å². The summed E-state index contributed by atoms with van der Waals surface area (Å²) >= 11 is 0. The summed E-state index contributed by atoms with van der Waals surface area (Å²) in [5.74, 6) is -0.501. The lowest BCUT2D eigenvalue weighted by Crippen LogP contribution is -2.45. The number of nitrogens with zero attached hydrogens (tertiary/aromatic N) is 4. The number of halogens is 4. The van der Waals surface area contributed by atoms with Crippen LogP contribution in [0.5, 0.6) is 0 Å². The minimum atomic E-state index is -4.64. The molecule has 0 amide bonds. The van der Waals surface area contributed by atoms with Crippen LogP contribution in [0.4, 0.5) is 23.2 Å². The molecule has 5 rings (SSSR count). The molecule has 1 aromatic carbocycles. The van der Waals surface area contributed by atoms with Gasteiger partial charge in [0.25, 0.3) is 5.56 Å². The Morgan fingerprint density at radius 1 is 1.08 bits per heavy atom. The summed E-state index contributed by atoms with van der Waals surface area (Å²) in [5, 5.41) is 3.40. The van der Waals surface area contributed by atoms with Gasteiger partial charge in [0, 0.05) is 81.2 Å².